The molecule has 0 saturated carbocycles. The minimum absolute atomic E-state index is 0.0837. The lowest BCUT2D eigenvalue weighted by Crippen LogP contribution is -2.25. The highest BCUT2D eigenvalue weighted by Crippen LogP contribution is 2.22. The van der Waals surface area contributed by atoms with Crippen LogP contribution >= 0.6 is 0 Å². The summed E-state index contributed by atoms with van der Waals surface area (Å²) >= 11 is 0. The fourth-order valence-electron chi connectivity index (χ4n) is 1.87. The van der Waals surface area contributed by atoms with E-state index in [1.165, 1.54) is 6.07 Å². The van der Waals surface area contributed by atoms with Gasteiger partial charge < -0.3 is 20.3 Å². The van der Waals surface area contributed by atoms with E-state index in [0.717, 1.165) is 31.6 Å². The average Bonchev–Trinajstić information content (AvgIpc) is 2.74. The Kier molecular flexibility index (Phi) is 3.64. The molecule has 1 aromatic carbocycles. The van der Waals surface area contributed by atoms with Crippen molar-refractivity contribution in [1.29, 1.82) is 0 Å². The van der Waals surface area contributed by atoms with Crippen molar-refractivity contribution in [3.8, 4) is 11.5 Å². The molecular weight excluding hydrogens is 206 g/mol. The van der Waals surface area contributed by atoms with Crippen LogP contribution in [0.2, 0.25) is 0 Å². The van der Waals surface area contributed by atoms with Crippen LogP contribution in [0.4, 0.5) is 0 Å². The number of nitrogens with one attached hydrogen (secondary N) is 1. The predicted octanol–water partition coefficient (Wildman–Crippen LogP) is 1.37. The highest BCUT2D eigenvalue weighted by atomic mass is 16.5. The average molecular weight is 223 g/mol. The molecule has 0 aromatic heterocycles. The summed E-state index contributed by atoms with van der Waals surface area (Å²) in [5.41, 5.74) is 0.788. The monoisotopic (exact) mass is 223 g/mol. The molecule has 0 radical (unpaired) electrons. The number of benzene rings is 1. The summed E-state index contributed by atoms with van der Waals surface area (Å²) in [6.07, 6.45) is 2.55. The third kappa shape index (κ3) is 2.87. The fourth-order valence-corrected chi connectivity index (χ4v) is 1.87. The molecule has 0 bridgehead atoms. The quantitative estimate of drug-likeness (QED) is 0.721. The van der Waals surface area contributed by atoms with E-state index in [4.69, 9.17) is 9.84 Å². The minimum Gasteiger partial charge on any atom is -0.508 e. The second kappa shape index (κ2) is 5.18. The molecule has 1 fully saturated rings. The highest BCUT2D eigenvalue weighted by Gasteiger charge is 2.14. The molecule has 88 valence electrons. The predicted molar refractivity (Wildman–Crippen MR) is 60.5 cm³/mol. The van der Waals surface area contributed by atoms with Crippen molar-refractivity contribution in [3.63, 3.8) is 0 Å². The van der Waals surface area contributed by atoms with Gasteiger partial charge in [0.2, 0.25) is 0 Å². The van der Waals surface area contributed by atoms with Gasteiger partial charge in [-0.25, -0.2) is 0 Å². The molecule has 16 heavy (non-hydrogen) atoms. The first kappa shape index (κ1) is 11.2. The first-order chi connectivity index (χ1) is 7.75. The van der Waals surface area contributed by atoms with Gasteiger partial charge in [0.05, 0.1) is 6.10 Å². The third-order valence-corrected chi connectivity index (χ3v) is 2.78. The number of phenolic OH excluding ortho intramolecular Hbond substituents is 2. The van der Waals surface area contributed by atoms with Crippen LogP contribution in [0, 0.1) is 0 Å². The first-order valence-electron chi connectivity index (χ1n) is 5.59. The number of rotatable bonds is 4. The molecule has 4 heteroatoms. The van der Waals surface area contributed by atoms with Crippen LogP contribution in [0.1, 0.15) is 18.4 Å². The minimum atomic E-state index is 0.0837. The van der Waals surface area contributed by atoms with Crippen molar-refractivity contribution in [3.05, 3.63) is 23.8 Å². The van der Waals surface area contributed by atoms with Crippen LogP contribution in [0.3, 0.4) is 0 Å². The van der Waals surface area contributed by atoms with Crippen LogP contribution in [0.15, 0.2) is 18.2 Å². The number of hydrogen-bond donors (Lipinski definition) is 3. The number of hydrogen-bond acceptors (Lipinski definition) is 4. The van der Waals surface area contributed by atoms with Crippen LogP contribution < -0.4 is 5.32 Å². The largest absolute Gasteiger partial charge is 0.508 e. The van der Waals surface area contributed by atoms with Crippen molar-refractivity contribution >= 4 is 0 Å². The molecule has 2 rings (SSSR count). The Balaban J connectivity index is 1.80. The molecule has 1 atom stereocenters. The van der Waals surface area contributed by atoms with Gasteiger partial charge in [-0.2, -0.15) is 0 Å². The van der Waals surface area contributed by atoms with Gasteiger partial charge in [-0.3, -0.25) is 0 Å². The third-order valence-electron chi connectivity index (χ3n) is 2.78. The molecule has 3 N–H and O–H groups in total. The molecule has 1 aliphatic heterocycles. The zero-order chi connectivity index (χ0) is 11.4. The highest BCUT2D eigenvalue weighted by molar-refractivity contribution is 5.38. The van der Waals surface area contributed by atoms with E-state index in [1.54, 1.807) is 12.1 Å². The summed E-state index contributed by atoms with van der Waals surface area (Å²) in [6.45, 7) is 2.25. The molecule has 0 aliphatic carbocycles. The zero-order valence-electron chi connectivity index (χ0n) is 9.15. The Labute approximate surface area is 94.9 Å². The fraction of sp³-hybridized carbons (Fsp3) is 0.500. The molecule has 1 aromatic rings. The Morgan fingerprint density at radius 3 is 2.94 bits per heavy atom. The van der Waals surface area contributed by atoms with Crippen molar-refractivity contribution in [1.82, 2.24) is 5.32 Å². The van der Waals surface area contributed by atoms with Crippen LogP contribution in [0.25, 0.3) is 0 Å². The molecular formula is C12H17NO3. The zero-order valence-corrected chi connectivity index (χ0v) is 9.15. The van der Waals surface area contributed by atoms with Crippen LogP contribution in [0.5, 0.6) is 11.5 Å². The number of phenols is 2. The Morgan fingerprint density at radius 1 is 1.38 bits per heavy atom. The van der Waals surface area contributed by atoms with Crippen LogP contribution in [-0.4, -0.2) is 29.5 Å². The molecule has 1 aliphatic rings. The van der Waals surface area contributed by atoms with E-state index in [0.29, 0.717) is 12.6 Å². The standard InChI is InChI=1S/C12H17NO3/c14-10-4-3-9(12(15)6-10)7-13-8-11-2-1-5-16-11/h3-4,6,11,13-15H,1-2,5,7-8H2. The molecule has 1 saturated heterocycles. The topological polar surface area (TPSA) is 61.7 Å². The molecule has 1 heterocycles. The second-order valence-corrected chi connectivity index (χ2v) is 4.08. The van der Waals surface area contributed by atoms with E-state index >= 15 is 0 Å². The lowest BCUT2D eigenvalue weighted by atomic mass is 10.2. The SMILES string of the molecule is Oc1ccc(CNCC2CCCO2)c(O)c1. The number of aromatic hydroxyl groups is 2. The first-order valence-corrected chi connectivity index (χ1v) is 5.59. The van der Waals surface area contributed by atoms with E-state index in [-0.39, 0.29) is 11.5 Å². The Morgan fingerprint density at radius 2 is 2.25 bits per heavy atom. The molecule has 0 amide bonds. The van der Waals surface area contributed by atoms with Crippen molar-refractivity contribution in [2.75, 3.05) is 13.2 Å². The Bertz CT molecular complexity index is 348. The molecule has 1 unspecified atom stereocenters. The normalized spacial score (nSPS) is 20.1. The smallest absolute Gasteiger partial charge is 0.123 e. The summed E-state index contributed by atoms with van der Waals surface area (Å²) < 4.78 is 5.48. The van der Waals surface area contributed by atoms with Crippen molar-refractivity contribution in [2.24, 2.45) is 0 Å². The lowest BCUT2D eigenvalue weighted by Gasteiger charge is -2.11. The maximum absolute atomic E-state index is 9.55. The maximum atomic E-state index is 9.55. The van der Waals surface area contributed by atoms with Crippen LogP contribution in [-0.2, 0) is 11.3 Å². The Hall–Kier alpha value is -1.26. The van der Waals surface area contributed by atoms with Gasteiger partial charge in [-0.1, -0.05) is 6.07 Å². The second-order valence-electron chi connectivity index (χ2n) is 4.08. The summed E-state index contributed by atoms with van der Waals surface area (Å²) in [5, 5.41) is 21.9. The van der Waals surface area contributed by atoms with E-state index in [9.17, 15) is 5.11 Å². The van der Waals surface area contributed by atoms with Gasteiger partial charge in [0, 0.05) is 31.3 Å². The maximum Gasteiger partial charge on any atom is 0.123 e. The summed E-state index contributed by atoms with van der Waals surface area (Å²) in [6, 6.07) is 4.64. The van der Waals surface area contributed by atoms with E-state index in [2.05, 4.69) is 5.32 Å². The van der Waals surface area contributed by atoms with Gasteiger partial charge in [-0.15, -0.1) is 0 Å². The van der Waals surface area contributed by atoms with E-state index < -0.39 is 0 Å². The lowest BCUT2D eigenvalue weighted by molar-refractivity contribution is 0.110. The van der Waals surface area contributed by atoms with Gasteiger partial charge >= 0.3 is 0 Å². The van der Waals surface area contributed by atoms with Gasteiger partial charge in [0.25, 0.3) is 0 Å². The number of ether oxygens (including phenoxy) is 1. The molecule has 0 spiro atoms. The summed E-state index contributed by atoms with van der Waals surface area (Å²) in [5.74, 6) is 0.209. The summed E-state index contributed by atoms with van der Waals surface area (Å²) in [4.78, 5) is 0. The van der Waals surface area contributed by atoms with Crippen molar-refractivity contribution in [2.45, 2.75) is 25.5 Å². The van der Waals surface area contributed by atoms with E-state index in [1.807, 2.05) is 0 Å². The summed E-state index contributed by atoms with van der Waals surface area (Å²) in [7, 11) is 0. The van der Waals surface area contributed by atoms with Gasteiger partial charge in [0.1, 0.15) is 11.5 Å². The molecule has 4 nitrogen and oxygen atoms in total. The van der Waals surface area contributed by atoms with Gasteiger partial charge in [0.15, 0.2) is 0 Å². The van der Waals surface area contributed by atoms with Gasteiger partial charge in [-0.05, 0) is 18.9 Å². The van der Waals surface area contributed by atoms with Crippen molar-refractivity contribution < 1.29 is 14.9 Å².